The lowest BCUT2D eigenvalue weighted by Gasteiger charge is -2.43. The van der Waals surface area contributed by atoms with Crippen molar-refractivity contribution in [2.75, 3.05) is 12.4 Å². The van der Waals surface area contributed by atoms with E-state index in [1.807, 2.05) is 6.92 Å². The molecule has 1 heterocycles. The Morgan fingerprint density at radius 3 is 2.62 bits per heavy atom. The van der Waals surface area contributed by atoms with Crippen molar-refractivity contribution in [1.29, 1.82) is 0 Å². The standard InChI is InChI=1S/C20H28FN3OS/c1-8-10-15(4)22-20(23-18(7)17(6)21)25-12-19-11-16(5)24(19)26-13-14(3)9-2/h8,19H,1,3,5-7,9-13H2,2,4H3. The molecule has 0 aromatic heterocycles. The van der Waals surface area contributed by atoms with Crippen LogP contribution < -0.4 is 0 Å². The normalized spacial score (nSPS) is 17.6. The van der Waals surface area contributed by atoms with Crippen LogP contribution in [0, 0.1) is 0 Å². The third-order valence-electron chi connectivity index (χ3n) is 3.70. The first-order chi connectivity index (χ1) is 12.3. The lowest BCUT2D eigenvalue weighted by molar-refractivity contribution is 0.172. The van der Waals surface area contributed by atoms with Crippen molar-refractivity contribution >= 4 is 23.7 Å². The third-order valence-corrected chi connectivity index (χ3v) is 5.07. The minimum absolute atomic E-state index is 0.0774. The molecule has 0 radical (unpaired) electrons. The van der Waals surface area contributed by atoms with E-state index in [2.05, 4.69) is 54.1 Å². The summed E-state index contributed by atoms with van der Waals surface area (Å²) >= 11 is 1.68. The van der Waals surface area contributed by atoms with Crippen molar-refractivity contribution in [2.45, 2.75) is 39.2 Å². The average Bonchev–Trinajstić information content (AvgIpc) is 2.57. The van der Waals surface area contributed by atoms with Gasteiger partial charge in [0, 0.05) is 30.0 Å². The highest BCUT2D eigenvalue weighted by Crippen LogP contribution is 2.36. The van der Waals surface area contributed by atoms with Crippen molar-refractivity contribution < 1.29 is 9.13 Å². The zero-order chi connectivity index (χ0) is 19.7. The molecule has 26 heavy (non-hydrogen) atoms. The largest absolute Gasteiger partial charge is 0.461 e. The summed E-state index contributed by atoms with van der Waals surface area (Å²) in [5, 5.41) is 0. The number of hydrogen-bond acceptors (Lipinski definition) is 4. The fourth-order valence-corrected chi connectivity index (χ4v) is 3.16. The van der Waals surface area contributed by atoms with Crippen LogP contribution in [0.2, 0.25) is 0 Å². The van der Waals surface area contributed by atoms with Crippen LogP contribution in [-0.4, -0.2) is 34.4 Å². The van der Waals surface area contributed by atoms with Crippen molar-refractivity contribution in [1.82, 2.24) is 4.31 Å². The van der Waals surface area contributed by atoms with Crippen molar-refractivity contribution in [3.8, 4) is 0 Å². The quantitative estimate of drug-likeness (QED) is 0.164. The van der Waals surface area contributed by atoms with Gasteiger partial charge < -0.3 is 9.04 Å². The molecule has 1 aliphatic rings. The maximum absolute atomic E-state index is 13.2. The molecule has 6 heteroatoms. The molecule has 0 bridgehead atoms. The van der Waals surface area contributed by atoms with Crippen molar-refractivity contribution in [2.24, 2.45) is 9.98 Å². The maximum atomic E-state index is 13.2. The van der Waals surface area contributed by atoms with Gasteiger partial charge in [-0.25, -0.2) is 9.38 Å². The zero-order valence-corrected chi connectivity index (χ0v) is 16.6. The third kappa shape index (κ3) is 7.04. The molecule has 0 aromatic rings. The summed E-state index contributed by atoms with van der Waals surface area (Å²) < 4.78 is 21.1. The number of aliphatic imine (C=N–C) groups is 2. The smallest absolute Gasteiger partial charge is 0.316 e. The highest BCUT2D eigenvalue weighted by Gasteiger charge is 2.32. The highest BCUT2D eigenvalue weighted by molar-refractivity contribution is 7.97. The average molecular weight is 378 g/mol. The SMILES string of the molecule is C=CCC(C)=NC(=NC(=C)C(=C)F)OCC1CC(=C)N1SCC(=C)CC. The molecule has 142 valence electrons. The first-order valence-electron chi connectivity index (χ1n) is 8.45. The Labute approximate surface area is 160 Å². The van der Waals surface area contributed by atoms with Crippen molar-refractivity contribution in [3.05, 3.63) is 61.8 Å². The molecule has 1 atom stereocenters. The van der Waals surface area contributed by atoms with Crippen LogP contribution in [0.3, 0.4) is 0 Å². The Bertz CT molecular complexity index is 651. The first-order valence-corrected chi connectivity index (χ1v) is 9.39. The number of halogens is 1. The summed E-state index contributed by atoms with van der Waals surface area (Å²) in [6, 6.07) is 0.243. The first kappa shape index (κ1) is 22.0. The lowest BCUT2D eigenvalue weighted by atomic mass is 10.1. The maximum Gasteiger partial charge on any atom is 0.316 e. The number of amidine groups is 1. The predicted octanol–water partition coefficient (Wildman–Crippen LogP) is 5.60. The Hall–Kier alpha value is -2.08. The van der Waals surface area contributed by atoms with Gasteiger partial charge >= 0.3 is 6.02 Å². The van der Waals surface area contributed by atoms with E-state index >= 15 is 0 Å². The van der Waals surface area contributed by atoms with Gasteiger partial charge in [0.15, 0.2) is 0 Å². The van der Waals surface area contributed by atoms with Gasteiger partial charge in [-0.3, -0.25) is 0 Å². The van der Waals surface area contributed by atoms with E-state index in [1.165, 1.54) is 5.57 Å². The van der Waals surface area contributed by atoms with Crippen LogP contribution in [-0.2, 0) is 4.74 Å². The number of ether oxygens (including phenoxy) is 1. The minimum Gasteiger partial charge on any atom is -0.461 e. The van der Waals surface area contributed by atoms with Crippen LogP contribution in [0.25, 0.3) is 0 Å². The second kappa shape index (κ2) is 10.8. The van der Waals surface area contributed by atoms with Crippen LogP contribution in [0.1, 0.15) is 33.1 Å². The lowest BCUT2D eigenvalue weighted by Crippen LogP contribution is -2.44. The zero-order valence-electron chi connectivity index (χ0n) is 15.8. The summed E-state index contributed by atoms with van der Waals surface area (Å²) in [4.78, 5) is 8.30. The van der Waals surface area contributed by atoms with E-state index < -0.39 is 5.83 Å². The van der Waals surface area contributed by atoms with Crippen LogP contribution in [0.4, 0.5) is 4.39 Å². The van der Waals surface area contributed by atoms with Gasteiger partial charge in [0.05, 0.1) is 11.7 Å². The van der Waals surface area contributed by atoms with Crippen LogP contribution >= 0.6 is 11.9 Å². The van der Waals surface area contributed by atoms with E-state index in [-0.39, 0.29) is 17.8 Å². The van der Waals surface area contributed by atoms with Gasteiger partial charge in [0.2, 0.25) is 0 Å². The molecule has 0 N–H and O–H groups in total. The molecular weight excluding hydrogens is 349 g/mol. The monoisotopic (exact) mass is 377 g/mol. The number of allylic oxidation sites excluding steroid dienone is 2. The van der Waals surface area contributed by atoms with Crippen LogP contribution in [0.15, 0.2) is 71.7 Å². The molecule has 1 rings (SSSR count). The van der Waals surface area contributed by atoms with Gasteiger partial charge in [-0.1, -0.05) is 44.9 Å². The number of hydrogen-bond donors (Lipinski definition) is 0. The molecule has 0 amide bonds. The van der Waals surface area contributed by atoms with E-state index in [4.69, 9.17) is 4.74 Å². The molecular formula is C20H28FN3OS. The predicted molar refractivity (Wildman–Crippen MR) is 112 cm³/mol. The topological polar surface area (TPSA) is 37.2 Å². The molecule has 0 aromatic carbocycles. The molecule has 0 saturated carbocycles. The Kier molecular flexibility index (Phi) is 9.13. The Balaban J connectivity index is 2.73. The Morgan fingerprint density at radius 2 is 2.08 bits per heavy atom. The van der Waals surface area contributed by atoms with E-state index in [0.29, 0.717) is 13.0 Å². The number of nitrogens with zero attached hydrogens (tertiary/aromatic N) is 3. The molecule has 0 aliphatic carbocycles. The summed E-state index contributed by atoms with van der Waals surface area (Å²) in [7, 11) is 0. The summed E-state index contributed by atoms with van der Waals surface area (Å²) in [5.41, 5.74) is 2.90. The van der Waals surface area contributed by atoms with Gasteiger partial charge in [-0.05, 0) is 25.3 Å². The van der Waals surface area contributed by atoms with E-state index in [9.17, 15) is 4.39 Å². The molecule has 1 fully saturated rings. The summed E-state index contributed by atoms with van der Waals surface area (Å²) in [5.74, 6) is 0.136. The van der Waals surface area contributed by atoms with E-state index in [0.717, 1.165) is 30.0 Å². The second-order valence-electron chi connectivity index (χ2n) is 6.02. The molecule has 1 aliphatic heterocycles. The van der Waals surface area contributed by atoms with E-state index in [1.54, 1.807) is 18.0 Å². The summed E-state index contributed by atoms with van der Waals surface area (Å²) in [6.07, 6.45) is 4.11. The Morgan fingerprint density at radius 1 is 1.38 bits per heavy atom. The highest BCUT2D eigenvalue weighted by atomic mass is 32.2. The second-order valence-corrected chi connectivity index (χ2v) is 6.96. The number of rotatable bonds is 10. The minimum atomic E-state index is -0.713. The molecule has 1 unspecified atom stereocenters. The van der Waals surface area contributed by atoms with Gasteiger partial charge in [0.1, 0.15) is 12.4 Å². The summed E-state index contributed by atoms with van der Waals surface area (Å²) in [6.45, 7) is 22.7. The molecule has 1 saturated heterocycles. The molecule has 4 nitrogen and oxygen atoms in total. The van der Waals surface area contributed by atoms with Crippen molar-refractivity contribution in [3.63, 3.8) is 0 Å². The van der Waals surface area contributed by atoms with Gasteiger partial charge in [-0.2, -0.15) is 4.99 Å². The molecule has 0 spiro atoms. The van der Waals surface area contributed by atoms with Gasteiger partial charge in [0.25, 0.3) is 0 Å². The fraction of sp³-hybridized carbons (Fsp3) is 0.400. The van der Waals surface area contributed by atoms with Crippen LogP contribution in [0.5, 0.6) is 0 Å². The van der Waals surface area contributed by atoms with Gasteiger partial charge in [-0.15, -0.1) is 6.58 Å². The fourth-order valence-electron chi connectivity index (χ4n) is 2.03.